The van der Waals surface area contributed by atoms with Crippen molar-refractivity contribution in [2.24, 2.45) is 0 Å². The lowest BCUT2D eigenvalue weighted by atomic mass is 10.1. The summed E-state index contributed by atoms with van der Waals surface area (Å²) in [5.41, 5.74) is 0. The van der Waals surface area contributed by atoms with Crippen LogP contribution in [-0.4, -0.2) is 191 Å². The second-order valence-electron chi connectivity index (χ2n) is 10.9. The van der Waals surface area contributed by atoms with E-state index in [1.54, 1.807) is 0 Å². The average molecular weight is 585 g/mol. The summed E-state index contributed by atoms with van der Waals surface area (Å²) in [6.45, 7) is 2.27. The van der Waals surface area contributed by atoms with Crippen LogP contribution in [0, 0.1) is 0 Å². The third-order valence-corrected chi connectivity index (χ3v) is 8.00. The number of aliphatic hydroxyl groups excluding tert-OH is 8. The Kier molecular flexibility index (Phi) is 10.3. The van der Waals surface area contributed by atoms with E-state index in [4.69, 9.17) is 78.7 Å². The van der Waals surface area contributed by atoms with Crippen LogP contribution in [0.25, 0.3) is 0 Å². The molecule has 40 heavy (non-hydrogen) atoms. The molecule has 16 heteroatoms. The highest BCUT2D eigenvalue weighted by molar-refractivity contribution is 4.96. The molecule has 16 atom stereocenters. The molecule has 0 aliphatic carbocycles. The van der Waals surface area contributed by atoms with E-state index in [0.717, 1.165) is 0 Å². The summed E-state index contributed by atoms with van der Waals surface area (Å²) in [4.78, 5) is 0. The zero-order chi connectivity index (χ0) is 28.6. The SMILES string of the molecule is OC1CO[C@@H]2C(O)CO[C@H]12.O[C@@H]1CO[C@H]2[C@@H]1OC[C@@H]2O.O[C@@H]1CO[C@H]2[C@@H]1OC[C@H]2O.O[C@H]1CO[C@H]2[C@@H]1OC[C@@H]2O. The number of hydrogen-bond donors (Lipinski definition) is 8. The van der Waals surface area contributed by atoms with E-state index < -0.39 is 48.8 Å². The summed E-state index contributed by atoms with van der Waals surface area (Å²) in [5.74, 6) is 0. The van der Waals surface area contributed by atoms with E-state index in [1.807, 2.05) is 0 Å². The van der Waals surface area contributed by atoms with Crippen LogP contribution >= 0.6 is 0 Å². The maximum Gasteiger partial charge on any atom is 0.114 e. The second-order valence-corrected chi connectivity index (χ2v) is 10.9. The molecule has 0 aromatic rings. The van der Waals surface area contributed by atoms with Gasteiger partial charge in [-0.2, -0.15) is 0 Å². The van der Waals surface area contributed by atoms with Crippen LogP contribution < -0.4 is 0 Å². The zero-order valence-corrected chi connectivity index (χ0v) is 21.7. The fraction of sp³-hybridized carbons (Fsp3) is 1.00. The van der Waals surface area contributed by atoms with Gasteiger partial charge in [-0.25, -0.2) is 0 Å². The van der Waals surface area contributed by atoms with Crippen molar-refractivity contribution >= 4 is 0 Å². The van der Waals surface area contributed by atoms with Gasteiger partial charge in [0.05, 0.1) is 52.9 Å². The molecule has 8 heterocycles. The normalized spacial score (nSPS) is 53.4. The summed E-state index contributed by atoms with van der Waals surface area (Å²) in [6, 6.07) is 0. The number of rotatable bonds is 0. The van der Waals surface area contributed by atoms with Gasteiger partial charge in [0.1, 0.15) is 97.7 Å². The van der Waals surface area contributed by atoms with E-state index in [9.17, 15) is 0 Å². The van der Waals surface area contributed by atoms with Gasteiger partial charge >= 0.3 is 0 Å². The molecule has 0 spiro atoms. The van der Waals surface area contributed by atoms with Crippen LogP contribution in [0.4, 0.5) is 0 Å². The molecule has 8 saturated heterocycles. The van der Waals surface area contributed by atoms with Crippen LogP contribution in [0.5, 0.6) is 0 Å². The molecule has 0 bridgehead atoms. The molecule has 0 aromatic carbocycles. The summed E-state index contributed by atoms with van der Waals surface area (Å²) in [7, 11) is 0. The molecule has 0 radical (unpaired) electrons. The van der Waals surface area contributed by atoms with Crippen molar-refractivity contribution in [3.63, 3.8) is 0 Å². The Morgan fingerprint density at radius 3 is 0.425 bits per heavy atom. The third kappa shape index (κ3) is 6.47. The first kappa shape index (κ1) is 30.8. The van der Waals surface area contributed by atoms with Gasteiger partial charge < -0.3 is 78.7 Å². The summed E-state index contributed by atoms with van der Waals surface area (Å²) < 4.78 is 40.6. The Morgan fingerprint density at radius 2 is 0.325 bits per heavy atom. The minimum Gasteiger partial charge on any atom is -0.388 e. The molecule has 8 aliphatic heterocycles. The first-order valence-electron chi connectivity index (χ1n) is 13.5. The minimum atomic E-state index is -0.554. The van der Waals surface area contributed by atoms with Crippen molar-refractivity contribution in [2.45, 2.75) is 97.7 Å². The number of fused-ring (bicyclic) bond motifs is 4. The molecule has 8 N–H and O–H groups in total. The molecule has 16 nitrogen and oxygen atoms in total. The Hall–Kier alpha value is -0.640. The molecule has 0 aromatic heterocycles. The van der Waals surface area contributed by atoms with E-state index in [0.29, 0.717) is 0 Å². The first-order valence-corrected chi connectivity index (χ1v) is 13.5. The topological polar surface area (TPSA) is 236 Å². The summed E-state index contributed by atoms with van der Waals surface area (Å²) >= 11 is 0. The summed E-state index contributed by atoms with van der Waals surface area (Å²) in [6.07, 6.45) is -6.80. The van der Waals surface area contributed by atoms with Crippen molar-refractivity contribution in [1.29, 1.82) is 0 Å². The highest BCUT2D eigenvalue weighted by atomic mass is 16.6. The Balaban J connectivity index is 0.000000108. The Labute approximate surface area is 229 Å². The smallest absolute Gasteiger partial charge is 0.114 e. The molecule has 8 fully saturated rings. The second kappa shape index (κ2) is 13.3. The quantitative estimate of drug-likeness (QED) is 0.132. The lowest BCUT2D eigenvalue weighted by molar-refractivity contribution is 0.00201. The van der Waals surface area contributed by atoms with Gasteiger partial charge in [0, 0.05) is 0 Å². The maximum atomic E-state index is 9.16. The van der Waals surface area contributed by atoms with E-state index in [-0.39, 0.29) is 102 Å². The van der Waals surface area contributed by atoms with Crippen molar-refractivity contribution in [2.75, 3.05) is 52.9 Å². The highest BCUT2D eigenvalue weighted by Gasteiger charge is 2.48. The van der Waals surface area contributed by atoms with Gasteiger partial charge in [0.2, 0.25) is 0 Å². The molecule has 2 unspecified atom stereocenters. The Bertz CT molecular complexity index is 615. The molecular weight excluding hydrogens is 544 g/mol. The fourth-order valence-corrected chi connectivity index (χ4v) is 5.84. The van der Waals surface area contributed by atoms with E-state index in [2.05, 4.69) is 0 Å². The zero-order valence-electron chi connectivity index (χ0n) is 21.7. The van der Waals surface area contributed by atoms with Crippen molar-refractivity contribution in [3.05, 3.63) is 0 Å². The average Bonchev–Trinajstić information content (AvgIpc) is 3.76. The predicted octanol–water partition coefficient (Wildman–Crippen LogP) is -5.98. The van der Waals surface area contributed by atoms with Gasteiger partial charge in [-0.15, -0.1) is 0 Å². The summed E-state index contributed by atoms with van der Waals surface area (Å²) in [5, 5.41) is 73.2. The van der Waals surface area contributed by atoms with Crippen molar-refractivity contribution < 1.29 is 78.7 Å². The number of ether oxygens (including phenoxy) is 8. The van der Waals surface area contributed by atoms with Gasteiger partial charge in [0.25, 0.3) is 0 Å². The number of hydrogen-bond acceptors (Lipinski definition) is 16. The predicted molar refractivity (Wildman–Crippen MR) is 126 cm³/mol. The van der Waals surface area contributed by atoms with Crippen LogP contribution in [0.15, 0.2) is 0 Å². The van der Waals surface area contributed by atoms with Gasteiger partial charge in [-0.3, -0.25) is 0 Å². The Morgan fingerprint density at radius 1 is 0.225 bits per heavy atom. The van der Waals surface area contributed by atoms with E-state index in [1.165, 1.54) is 0 Å². The standard InChI is InChI=1S/4C6H10O4/c4*7-3-1-9-6-4(8)2-10-5(3)6/h4*3-8H,1-2H2/t3?,4?,5-,6-;3-,4+,5-,6-;3-,4-,5+,6+;3-,4-,5-,6-/m1101/s1. The van der Waals surface area contributed by atoms with Crippen LogP contribution in [0.3, 0.4) is 0 Å². The monoisotopic (exact) mass is 584 g/mol. The fourth-order valence-electron chi connectivity index (χ4n) is 5.84. The highest BCUT2D eigenvalue weighted by Crippen LogP contribution is 2.29. The first-order chi connectivity index (χ1) is 19.2. The third-order valence-electron chi connectivity index (χ3n) is 8.00. The molecule has 0 saturated carbocycles. The van der Waals surface area contributed by atoms with Crippen LogP contribution in [-0.2, 0) is 37.9 Å². The van der Waals surface area contributed by atoms with Gasteiger partial charge in [0.15, 0.2) is 0 Å². The van der Waals surface area contributed by atoms with E-state index >= 15 is 0 Å². The largest absolute Gasteiger partial charge is 0.388 e. The molecule has 232 valence electrons. The number of aliphatic hydroxyl groups is 8. The lowest BCUT2D eigenvalue weighted by Crippen LogP contribution is -2.30. The lowest BCUT2D eigenvalue weighted by Gasteiger charge is -2.09. The van der Waals surface area contributed by atoms with Gasteiger partial charge in [-0.1, -0.05) is 0 Å². The maximum absolute atomic E-state index is 9.16. The molecule has 8 rings (SSSR count). The molecule has 0 amide bonds. The van der Waals surface area contributed by atoms with Gasteiger partial charge in [-0.05, 0) is 0 Å². The van der Waals surface area contributed by atoms with Crippen molar-refractivity contribution in [1.82, 2.24) is 0 Å². The molecule has 8 aliphatic rings. The minimum absolute atomic E-state index is 0.284. The molecular formula is C24H40O16. The van der Waals surface area contributed by atoms with Crippen molar-refractivity contribution in [3.8, 4) is 0 Å². The van der Waals surface area contributed by atoms with Crippen LogP contribution in [0.2, 0.25) is 0 Å². The van der Waals surface area contributed by atoms with Crippen LogP contribution in [0.1, 0.15) is 0 Å².